The number of amides is 1. The van der Waals surface area contributed by atoms with Gasteiger partial charge in [-0.25, -0.2) is 0 Å². The summed E-state index contributed by atoms with van der Waals surface area (Å²) < 4.78 is 0. The molecule has 5 rings (SSSR count). The zero-order valence-electron chi connectivity index (χ0n) is 13.8. The molecule has 5 aliphatic rings. The van der Waals surface area contributed by atoms with E-state index < -0.39 is 0 Å². The molecule has 118 valence electrons. The highest BCUT2D eigenvalue weighted by molar-refractivity contribution is 5.84. The average molecular weight is 289 g/mol. The van der Waals surface area contributed by atoms with Crippen molar-refractivity contribution in [3.8, 4) is 0 Å². The van der Waals surface area contributed by atoms with Gasteiger partial charge in [-0.1, -0.05) is 12.8 Å². The molecule has 1 amide bonds. The normalized spacial score (nSPS) is 42.0. The Balaban J connectivity index is 1.60. The van der Waals surface area contributed by atoms with Gasteiger partial charge in [-0.3, -0.25) is 4.79 Å². The van der Waals surface area contributed by atoms with Crippen molar-refractivity contribution in [2.24, 2.45) is 23.2 Å². The van der Waals surface area contributed by atoms with Gasteiger partial charge in [0.05, 0.1) is 5.41 Å². The van der Waals surface area contributed by atoms with Gasteiger partial charge in [0.25, 0.3) is 0 Å². The predicted molar refractivity (Wildman–Crippen MR) is 84.8 cm³/mol. The minimum atomic E-state index is 0.0572. The zero-order valence-corrected chi connectivity index (χ0v) is 13.8. The van der Waals surface area contributed by atoms with E-state index in [-0.39, 0.29) is 5.41 Å². The van der Waals surface area contributed by atoms with E-state index in [9.17, 15) is 4.79 Å². The predicted octanol–water partition coefficient (Wildman–Crippen LogP) is 4.38. The van der Waals surface area contributed by atoms with E-state index >= 15 is 0 Å². The van der Waals surface area contributed by atoms with Crippen molar-refractivity contribution in [2.75, 3.05) is 0 Å². The van der Waals surface area contributed by atoms with Gasteiger partial charge in [-0.15, -0.1) is 0 Å². The molecule has 0 aromatic rings. The molecule has 0 aromatic heterocycles. The Labute approximate surface area is 129 Å². The number of hydrogen-bond acceptors (Lipinski definition) is 1. The summed E-state index contributed by atoms with van der Waals surface area (Å²) >= 11 is 0. The number of nitrogens with zero attached hydrogens (tertiary/aromatic N) is 1. The van der Waals surface area contributed by atoms with Gasteiger partial charge in [-0.2, -0.15) is 0 Å². The second kappa shape index (κ2) is 4.99. The first-order valence-electron chi connectivity index (χ1n) is 9.40. The van der Waals surface area contributed by atoms with Gasteiger partial charge in [0.15, 0.2) is 0 Å². The minimum Gasteiger partial charge on any atom is -0.337 e. The molecule has 0 atom stereocenters. The first-order valence-corrected chi connectivity index (χ1v) is 9.40. The molecule has 0 aromatic carbocycles. The van der Waals surface area contributed by atoms with Crippen molar-refractivity contribution in [1.29, 1.82) is 0 Å². The molecule has 0 aliphatic heterocycles. The van der Waals surface area contributed by atoms with Crippen LogP contribution in [-0.4, -0.2) is 22.9 Å². The third-order valence-electron chi connectivity index (χ3n) is 7.00. The average Bonchev–Trinajstić information content (AvgIpc) is 2.90. The summed E-state index contributed by atoms with van der Waals surface area (Å²) in [5.74, 6) is 3.18. The summed E-state index contributed by atoms with van der Waals surface area (Å²) in [5.41, 5.74) is 0.0572. The lowest BCUT2D eigenvalue weighted by Gasteiger charge is -2.57. The first kappa shape index (κ1) is 14.1. The molecule has 0 radical (unpaired) electrons. The monoisotopic (exact) mass is 289 g/mol. The van der Waals surface area contributed by atoms with Crippen LogP contribution in [0.5, 0.6) is 0 Å². The van der Waals surface area contributed by atoms with Gasteiger partial charge in [0.1, 0.15) is 0 Å². The van der Waals surface area contributed by atoms with Crippen molar-refractivity contribution in [2.45, 2.75) is 90.1 Å². The van der Waals surface area contributed by atoms with Crippen LogP contribution < -0.4 is 0 Å². The van der Waals surface area contributed by atoms with E-state index in [1.807, 2.05) is 0 Å². The van der Waals surface area contributed by atoms with Gasteiger partial charge >= 0.3 is 0 Å². The summed E-state index contributed by atoms with van der Waals surface area (Å²) in [7, 11) is 0. The topological polar surface area (TPSA) is 20.3 Å². The quantitative estimate of drug-likeness (QED) is 0.755. The largest absolute Gasteiger partial charge is 0.337 e. The van der Waals surface area contributed by atoms with Crippen LogP contribution in [0.4, 0.5) is 0 Å². The molecule has 0 saturated heterocycles. The fourth-order valence-corrected chi connectivity index (χ4v) is 6.65. The maximum Gasteiger partial charge on any atom is 0.229 e. The Morgan fingerprint density at radius 2 is 1.43 bits per heavy atom. The number of carbonyl (C=O) groups is 1. The van der Waals surface area contributed by atoms with E-state index in [2.05, 4.69) is 18.7 Å². The zero-order chi connectivity index (χ0) is 14.6. The Morgan fingerprint density at radius 3 is 1.86 bits per heavy atom. The van der Waals surface area contributed by atoms with Crippen molar-refractivity contribution in [3.63, 3.8) is 0 Å². The van der Waals surface area contributed by atoms with E-state index in [0.29, 0.717) is 18.0 Å². The van der Waals surface area contributed by atoms with Crippen LogP contribution in [0.2, 0.25) is 0 Å². The summed E-state index contributed by atoms with van der Waals surface area (Å²) in [4.78, 5) is 15.9. The van der Waals surface area contributed by atoms with Crippen LogP contribution in [-0.2, 0) is 4.79 Å². The molecule has 2 heteroatoms. The molecule has 0 N–H and O–H groups in total. The van der Waals surface area contributed by atoms with Crippen molar-refractivity contribution < 1.29 is 4.79 Å². The van der Waals surface area contributed by atoms with Crippen molar-refractivity contribution in [1.82, 2.24) is 4.90 Å². The third-order valence-corrected chi connectivity index (χ3v) is 7.00. The molecular weight excluding hydrogens is 258 g/mol. The fourth-order valence-electron chi connectivity index (χ4n) is 6.65. The molecule has 0 unspecified atom stereocenters. The van der Waals surface area contributed by atoms with Gasteiger partial charge in [0.2, 0.25) is 5.91 Å². The van der Waals surface area contributed by atoms with Crippen LogP contribution in [0.25, 0.3) is 0 Å². The molecular formula is C19H31NO. The van der Waals surface area contributed by atoms with E-state index in [4.69, 9.17) is 0 Å². The number of hydrogen-bond donors (Lipinski definition) is 0. The number of carbonyl (C=O) groups excluding carboxylic acids is 1. The molecule has 5 saturated carbocycles. The highest BCUT2D eigenvalue weighted by Crippen LogP contribution is 2.60. The maximum atomic E-state index is 13.6. The molecule has 0 spiro atoms. The van der Waals surface area contributed by atoms with Crippen molar-refractivity contribution in [3.05, 3.63) is 0 Å². The summed E-state index contributed by atoms with van der Waals surface area (Å²) in [6, 6.07) is 0.930. The highest BCUT2D eigenvalue weighted by Gasteiger charge is 2.56. The Kier molecular flexibility index (Phi) is 3.35. The van der Waals surface area contributed by atoms with Gasteiger partial charge in [0, 0.05) is 12.1 Å². The van der Waals surface area contributed by atoms with Crippen LogP contribution >= 0.6 is 0 Å². The fraction of sp³-hybridized carbons (Fsp3) is 0.947. The van der Waals surface area contributed by atoms with Crippen LogP contribution in [0.3, 0.4) is 0 Å². The smallest absolute Gasteiger partial charge is 0.229 e. The van der Waals surface area contributed by atoms with E-state index in [0.717, 1.165) is 17.8 Å². The molecule has 0 heterocycles. The second-order valence-electron chi connectivity index (χ2n) is 8.94. The minimum absolute atomic E-state index is 0.0572. The van der Waals surface area contributed by atoms with Crippen LogP contribution in [0.15, 0.2) is 0 Å². The van der Waals surface area contributed by atoms with E-state index in [1.165, 1.54) is 64.2 Å². The Morgan fingerprint density at radius 1 is 0.952 bits per heavy atom. The molecule has 5 fully saturated rings. The highest BCUT2D eigenvalue weighted by atomic mass is 16.2. The van der Waals surface area contributed by atoms with Crippen LogP contribution in [0, 0.1) is 23.2 Å². The summed E-state index contributed by atoms with van der Waals surface area (Å²) in [6.45, 7) is 4.47. The molecule has 5 aliphatic carbocycles. The Bertz CT molecular complexity index is 386. The Hall–Kier alpha value is -0.530. The standard InChI is InChI=1S/C19H31NO/c1-13(2)20(17-5-3-4-6-17)18(21)19-10-14-7-15(11-19)9-16(8-14)12-19/h13-17H,3-12H2,1-2H3. The van der Waals surface area contributed by atoms with Crippen molar-refractivity contribution >= 4 is 5.91 Å². The summed E-state index contributed by atoms with van der Waals surface area (Å²) in [6.07, 6.45) is 13.1. The van der Waals surface area contributed by atoms with E-state index in [1.54, 1.807) is 0 Å². The first-order chi connectivity index (χ1) is 10.1. The SMILES string of the molecule is CC(C)N(C(=O)C12CC3CC(CC(C3)C1)C2)C1CCCC1. The van der Waals surface area contributed by atoms with Crippen LogP contribution in [0.1, 0.15) is 78.1 Å². The van der Waals surface area contributed by atoms with Gasteiger partial charge < -0.3 is 4.90 Å². The second-order valence-corrected chi connectivity index (χ2v) is 8.94. The lowest BCUT2D eigenvalue weighted by molar-refractivity contribution is -0.162. The summed E-state index contributed by atoms with van der Waals surface area (Å²) in [5, 5.41) is 0. The maximum absolute atomic E-state index is 13.6. The number of rotatable bonds is 3. The molecule has 21 heavy (non-hydrogen) atoms. The molecule has 2 nitrogen and oxygen atoms in total. The molecule has 4 bridgehead atoms. The lowest BCUT2D eigenvalue weighted by Crippen LogP contribution is -2.57. The third kappa shape index (κ3) is 2.24. The van der Waals surface area contributed by atoms with Gasteiger partial charge in [-0.05, 0) is 83.0 Å². The lowest BCUT2D eigenvalue weighted by atomic mass is 9.49.